The molecule has 0 N–H and O–H groups in total. The number of aliphatic imine (C=N–C) groups is 1. The second-order valence-electron chi connectivity index (χ2n) is 3.41. The van der Waals surface area contributed by atoms with Gasteiger partial charge in [0, 0.05) is 6.21 Å². The average Bonchev–Trinajstić information content (AvgIpc) is 2.31. The van der Waals surface area contributed by atoms with Crippen molar-refractivity contribution < 1.29 is 0 Å². The zero-order valence-electron chi connectivity index (χ0n) is 9.08. The molecule has 76 valence electrons. The van der Waals surface area contributed by atoms with Gasteiger partial charge in [0.2, 0.25) is 0 Å². The number of allylic oxidation sites excluding steroid dienone is 2. The summed E-state index contributed by atoms with van der Waals surface area (Å²) in [6.07, 6.45) is 7.51. The monoisotopic (exact) mass is 190 g/mol. The molecule has 0 radical (unpaired) electrons. The van der Waals surface area contributed by atoms with Crippen molar-refractivity contribution >= 4 is 6.21 Å². The Morgan fingerprint density at radius 1 is 1.43 bits per heavy atom. The summed E-state index contributed by atoms with van der Waals surface area (Å²) in [5.74, 6) is 0.0882. The van der Waals surface area contributed by atoms with Gasteiger partial charge >= 0.3 is 0 Å². The van der Waals surface area contributed by atoms with E-state index in [9.17, 15) is 0 Å². The zero-order chi connectivity index (χ0) is 10.4. The van der Waals surface area contributed by atoms with Gasteiger partial charge in [0.25, 0.3) is 0 Å². The largest absolute Gasteiger partial charge is 0.264 e. The van der Waals surface area contributed by atoms with Crippen LogP contribution in [0.25, 0.3) is 0 Å². The third kappa shape index (κ3) is 2.23. The van der Waals surface area contributed by atoms with Gasteiger partial charge in [-0.3, -0.25) is 4.99 Å². The fourth-order valence-corrected chi connectivity index (χ4v) is 1.99. The smallest absolute Gasteiger partial charge is 0.0884 e. The summed E-state index contributed by atoms with van der Waals surface area (Å²) in [7, 11) is 0. The van der Waals surface area contributed by atoms with E-state index in [1.54, 1.807) is 0 Å². The van der Waals surface area contributed by atoms with Crippen molar-refractivity contribution in [3.63, 3.8) is 0 Å². The fraction of sp³-hybridized carbons (Fsp3) is 0.667. The maximum Gasteiger partial charge on any atom is 0.0884 e. The van der Waals surface area contributed by atoms with Crippen LogP contribution in [0, 0.1) is 17.2 Å². The molecule has 0 saturated carbocycles. The highest BCUT2D eigenvalue weighted by atomic mass is 14.8. The molecule has 0 saturated heterocycles. The first kappa shape index (κ1) is 11.0. The molecule has 2 nitrogen and oxygen atoms in total. The summed E-state index contributed by atoms with van der Waals surface area (Å²) < 4.78 is 0. The quantitative estimate of drug-likeness (QED) is 0.576. The van der Waals surface area contributed by atoms with Gasteiger partial charge in [-0.2, -0.15) is 5.26 Å². The molecule has 0 fully saturated rings. The summed E-state index contributed by atoms with van der Waals surface area (Å²) in [5, 5.41) is 8.87. The number of rotatable bonds is 0. The molecule has 2 rings (SSSR count). The maximum absolute atomic E-state index is 8.87. The molecule has 2 aliphatic rings. The Labute approximate surface area is 86.3 Å². The molecular weight excluding hydrogens is 172 g/mol. The molecule has 0 aromatic heterocycles. The van der Waals surface area contributed by atoms with Crippen LogP contribution in [-0.2, 0) is 0 Å². The molecule has 0 spiro atoms. The molecule has 1 unspecified atom stereocenters. The number of nitriles is 1. The van der Waals surface area contributed by atoms with E-state index in [2.05, 4.69) is 11.1 Å². The minimum Gasteiger partial charge on any atom is -0.264 e. The van der Waals surface area contributed by atoms with E-state index in [1.165, 1.54) is 18.4 Å². The summed E-state index contributed by atoms with van der Waals surface area (Å²) >= 11 is 0. The molecule has 1 aliphatic heterocycles. The van der Waals surface area contributed by atoms with Crippen LogP contribution in [0.5, 0.6) is 0 Å². The predicted molar refractivity (Wildman–Crippen MR) is 59.1 cm³/mol. The molecule has 2 heteroatoms. The third-order valence-corrected chi connectivity index (χ3v) is 2.63. The number of hydrogen-bond acceptors (Lipinski definition) is 2. The Kier molecular flexibility index (Phi) is 4.39. The second-order valence-corrected chi connectivity index (χ2v) is 3.41. The lowest BCUT2D eigenvalue weighted by Crippen LogP contribution is -2.12. The number of hydrogen-bond donors (Lipinski definition) is 0. The van der Waals surface area contributed by atoms with Crippen molar-refractivity contribution in [3.8, 4) is 6.07 Å². The molecule has 1 aliphatic carbocycles. The van der Waals surface area contributed by atoms with E-state index >= 15 is 0 Å². The normalized spacial score (nSPS) is 24.5. The van der Waals surface area contributed by atoms with Gasteiger partial charge in [-0.05, 0) is 37.7 Å². The fourth-order valence-electron chi connectivity index (χ4n) is 1.99. The lowest BCUT2D eigenvalue weighted by Gasteiger charge is -2.23. The minimum atomic E-state index is 0.0882. The van der Waals surface area contributed by atoms with Crippen molar-refractivity contribution in [1.82, 2.24) is 0 Å². The Balaban J connectivity index is 0.000000461. The van der Waals surface area contributed by atoms with Gasteiger partial charge in [-0.25, -0.2) is 0 Å². The van der Waals surface area contributed by atoms with Crippen LogP contribution in [-0.4, -0.2) is 6.21 Å². The molecule has 0 bridgehead atoms. The molecular formula is C12H18N2. The molecule has 1 heterocycles. The van der Waals surface area contributed by atoms with E-state index in [0.717, 1.165) is 25.0 Å². The Morgan fingerprint density at radius 2 is 2.21 bits per heavy atom. The predicted octanol–water partition coefficient (Wildman–Crippen LogP) is 3.45. The maximum atomic E-state index is 8.87. The van der Waals surface area contributed by atoms with Crippen LogP contribution in [0.4, 0.5) is 0 Å². The van der Waals surface area contributed by atoms with Crippen LogP contribution < -0.4 is 0 Å². The zero-order valence-corrected chi connectivity index (χ0v) is 9.08. The van der Waals surface area contributed by atoms with E-state index in [1.807, 2.05) is 20.1 Å². The van der Waals surface area contributed by atoms with E-state index in [-0.39, 0.29) is 5.92 Å². The summed E-state index contributed by atoms with van der Waals surface area (Å²) in [4.78, 5) is 4.34. The van der Waals surface area contributed by atoms with Gasteiger partial charge in [-0.15, -0.1) is 0 Å². The third-order valence-electron chi connectivity index (χ3n) is 2.63. The standard InChI is InChI=1S/C10H12N2.C2H6/c11-7-9-4-1-3-8-5-2-6-12-10(8)9;1-2/h6,9H,1-5H2;1-2H3. The van der Waals surface area contributed by atoms with E-state index in [0.29, 0.717) is 0 Å². The van der Waals surface area contributed by atoms with Gasteiger partial charge in [-0.1, -0.05) is 13.8 Å². The van der Waals surface area contributed by atoms with Gasteiger partial charge < -0.3 is 0 Å². The molecule has 14 heavy (non-hydrogen) atoms. The first-order chi connectivity index (χ1) is 6.92. The Bertz CT molecular complexity index is 281. The SMILES string of the molecule is CC.N#CC1CCCC2=C1N=CCC2. The lowest BCUT2D eigenvalue weighted by molar-refractivity contribution is 0.563. The van der Waals surface area contributed by atoms with Crippen molar-refractivity contribution in [2.75, 3.05) is 0 Å². The van der Waals surface area contributed by atoms with E-state index < -0.39 is 0 Å². The molecule has 0 aromatic carbocycles. The Hall–Kier alpha value is -1.10. The summed E-state index contributed by atoms with van der Waals surface area (Å²) in [6.45, 7) is 4.00. The highest BCUT2D eigenvalue weighted by Gasteiger charge is 2.23. The summed E-state index contributed by atoms with van der Waals surface area (Å²) in [5.41, 5.74) is 2.53. The van der Waals surface area contributed by atoms with E-state index in [4.69, 9.17) is 5.26 Å². The minimum absolute atomic E-state index is 0.0882. The first-order valence-electron chi connectivity index (χ1n) is 5.56. The number of nitrogens with zero attached hydrogens (tertiary/aromatic N) is 2. The molecule has 0 aromatic rings. The molecule has 1 atom stereocenters. The Morgan fingerprint density at radius 3 is 2.93 bits per heavy atom. The second kappa shape index (κ2) is 5.59. The highest BCUT2D eigenvalue weighted by molar-refractivity contribution is 5.62. The van der Waals surface area contributed by atoms with Gasteiger partial charge in [0.15, 0.2) is 0 Å². The van der Waals surface area contributed by atoms with Crippen molar-refractivity contribution in [3.05, 3.63) is 11.3 Å². The van der Waals surface area contributed by atoms with Gasteiger partial charge in [0.1, 0.15) is 0 Å². The summed E-state index contributed by atoms with van der Waals surface area (Å²) in [6, 6.07) is 2.33. The van der Waals surface area contributed by atoms with Crippen LogP contribution in [0.3, 0.4) is 0 Å². The van der Waals surface area contributed by atoms with Crippen LogP contribution >= 0.6 is 0 Å². The van der Waals surface area contributed by atoms with Crippen molar-refractivity contribution in [2.24, 2.45) is 10.9 Å². The van der Waals surface area contributed by atoms with Crippen LogP contribution in [0.15, 0.2) is 16.3 Å². The van der Waals surface area contributed by atoms with Crippen LogP contribution in [0.1, 0.15) is 46.0 Å². The van der Waals surface area contributed by atoms with Gasteiger partial charge in [0.05, 0.1) is 17.7 Å². The topological polar surface area (TPSA) is 36.1 Å². The van der Waals surface area contributed by atoms with Crippen LogP contribution in [0.2, 0.25) is 0 Å². The van der Waals surface area contributed by atoms with Crippen molar-refractivity contribution in [1.29, 1.82) is 5.26 Å². The average molecular weight is 190 g/mol. The highest BCUT2D eigenvalue weighted by Crippen LogP contribution is 2.34. The molecule has 0 amide bonds. The lowest BCUT2D eigenvalue weighted by atomic mass is 9.85. The van der Waals surface area contributed by atoms with Crippen molar-refractivity contribution in [2.45, 2.75) is 46.0 Å². The first-order valence-corrected chi connectivity index (χ1v) is 5.56.